The van der Waals surface area contributed by atoms with E-state index >= 15 is 0 Å². The van der Waals surface area contributed by atoms with Crippen molar-refractivity contribution in [3.63, 3.8) is 0 Å². The predicted molar refractivity (Wildman–Crippen MR) is 62.0 cm³/mol. The molecule has 2 rings (SSSR count). The molecule has 0 radical (unpaired) electrons. The van der Waals surface area contributed by atoms with Gasteiger partial charge in [0.25, 0.3) is 0 Å². The van der Waals surface area contributed by atoms with Gasteiger partial charge in [0.05, 0.1) is 0 Å². The van der Waals surface area contributed by atoms with E-state index in [9.17, 15) is 0 Å². The standard InChI is InChI=1S/C10H20N6/c1-15(10-12-13-14-16(10)2)9-6-4-3-5-8(9)7-11/h8-9H,3-7,11H2,1-2H3. The van der Waals surface area contributed by atoms with Crippen LogP contribution in [-0.4, -0.2) is 39.8 Å². The van der Waals surface area contributed by atoms with Crippen molar-refractivity contribution in [2.45, 2.75) is 31.7 Å². The molecule has 1 saturated carbocycles. The Morgan fingerprint density at radius 1 is 1.44 bits per heavy atom. The second-order valence-electron chi connectivity index (χ2n) is 4.56. The molecule has 1 aliphatic rings. The summed E-state index contributed by atoms with van der Waals surface area (Å²) in [5.74, 6) is 1.39. The molecule has 1 aromatic heterocycles. The van der Waals surface area contributed by atoms with Gasteiger partial charge in [-0.1, -0.05) is 17.9 Å². The number of hydrogen-bond donors (Lipinski definition) is 1. The first-order valence-corrected chi connectivity index (χ1v) is 5.89. The maximum Gasteiger partial charge on any atom is 0.245 e. The molecule has 2 atom stereocenters. The Morgan fingerprint density at radius 3 is 2.81 bits per heavy atom. The number of aromatic nitrogens is 4. The van der Waals surface area contributed by atoms with Crippen LogP contribution in [0.25, 0.3) is 0 Å². The predicted octanol–water partition coefficient (Wildman–Crippen LogP) is 0.164. The van der Waals surface area contributed by atoms with Crippen molar-refractivity contribution in [2.75, 3.05) is 18.5 Å². The summed E-state index contributed by atoms with van der Waals surface area (Å²) in [5, 5.41) is 11.6. The van der Waals surface area contributed by atoms with Crippen molar-refractivity contribution in [2.24, 2.45) is 18.7 Å². The lowest BCUT2D eigenvalue weighted by Crippen LogP contribution is -2.44. The van der Waals surface area contributed by atoms with Crippen LogP contribution in [0.1, 0.15) is 25.7 Å². The minimum Gasteiger partial charge on any atom is -0.339 e. The van der Waals surface area contributed by atoms with Crippen molar-refractivity contribution >= 4 is 5.95 Å². The lowest BCUT2D eigenvalue weighted by atomic mass is 9.84. The molecule has 16 heavy (non-hydrogen) atoms. The Kier molecular flexibility index (Phi) is 3.38. The summed E-state index contributed by atoms with van der Waals surface area (Å²) in [7, 11) is 3.93. The minimum absolute atomic E-state index is 0.475. The topological polar surface area (TPSA) is 72.9 Å². The zero-order valence-corrected chi connectivity index (χ0v) is 10.0. The Bertz CT molecular complexity index is 336. The highest BCUT2D eigenvalue weighted by Gasteiger charge is 2.29. The minimum atomic E-state index is 0.475. The number of rotatable bonds is 3. The summed E-state index contributed by atoms with van der Waals surface area (Å²) in [4.78, 5) is 2.18. The van der Waals surface area contributed by atoms with Crippen LogP contribution in [0.3, 0.4) is 0 Å². The second-order valence-corrected chi connectivity index (χ2v) is 4.56. The molecule has 1 aliphatic carbocycles. The molecule has 2 N–H and O–H groups in total. The number of anilines is 1. The van der Waals surface area contributed by atoms with Gasteiger partial charge in [0.2, 0.25) is 5.95 Å². The molecule has 6 nitrogen and oxygen atoms in total. The maximum absolute atomic E-state index is 5.84. The third-order valence-corrected chi connectivity index (χ3v) is 3.58. The number of aryl methyl sites for hydroxylation is 1. The summed E-state index contributed by atoms with van der Waals surface area (Å²) < 4.78 is 1.71. The molecule has 0 aromatic carbocycles. The van der Waals surface area contributed by atoms with E-state index in [-0.39, 0.29) is 0 Å². The van der Waals surface area contributed by atoms with Gasteiger partial charge in [-0.15, -0.1) is 0 Å². The van der Waals surface area contributed by atoms with Crippen LogP contribution in [0.4, 0.5) is 5.95 Å². The van der Waals surface area contributed by atoms with Crippen LogP contribution in [0.5, 0.6) is 0 Å². The Labute approximate surface area is 95.8 Å². The lowest BCUT2D eigenvalue weighted by molar-refractivity contribution is 0.303. The summed E-state index contributed by atoms with van der Waals surface area (Å²) >= 11 is 0. The quantitative estimate of drug-likeness (QED) is 0.792. The van der Waals surface area contributed by atoms with Gasteiger partial charge in [-0.25, -0.2) is 4.68 Å². The molecule has 0 amide bonds. The molecule has 6 heteroatoms. The van der Waals surface area contributed by atoms with Gasteiger partial charge < -0.3 is 10.6 Å². The first-order valence-electron chi connectivity index (χ1n) is 5.89. The zero-order chi connectivity index (χ0) is 11.5. The zero-order valence-electron chi connectivity index (χ0n) is 10.0. The molecule has 1 aromatic rings. The van der Waals surface area contributed by atoms with Crippen LogP contribution in [0.2, 0.25) is 0 Å². The van der Waals surface area contributed by atoms with Gasteiger partial charge in [-0.2, -0.15) is 0 Å². The Hall–Kier alpha value is -1.17. The van der Waals surface area contributed by atoms with E-state index in [0.29, 0.717) is 12.0 Å². The van der Waals surface area contributed by atoms with Crippen LogP contribution in [0, 0.1) is 5.92 Å². The second kappa shape index (κ2) is 4.78. The molecule has 0 aliphatic heterocycles. The van der Waals surface area contributed by atoms with Crippen molar-refractivity contribution < 1.29 is 0 Å². The third-order valence-electron chi connectivity index (χ3n) is 3.58. The SMILES string of the molecule is CN(c1nnnn1C)C1CCCCC1CN. The monoisotopic (exact) mass is 224 g/mol. The fourth-order valence-corrected chi connectivity index (χ4v) is 2.64. The number of nitrogens with zero attached hydrogens (tertiary/aromatic N) is 5. The van der Waals surface area contributed by atoms with E-state index in [2.05, 4.69) is 27.5 Å². The van der Waals surface area contributed by atoms with Crippen LogP contribution in [-0.2, 0) is 7.05 Å². The highest BCUT2D eigenvalue weighted by molar-refractivity contribution is 5.28. The van der Waals surface area contributed by atoms with Crippen molar-refractivity contribution in [1.82, 2.24) is 20.2 Å². The smallest absolute Gasteiger partial charge is 0.245 e. The van der Waals surface area contributed by atoms with Gasteiger partial charge in [-0.3, -0.25) is 0 Å². The van der Waals surface area contributed by atoms with E-state index in [1.54, 1.807) is 4.68 Å². The van der Waals surface area contributed by atoms with Crippen molar-refractivity contribution in [3.05, 3.63) is 0 Å². The Morgan fingerprint density at radius 2 is 2.19 bits per heavy atom. The molecular weight excluding hydrogens is 204 g/mol. The summed E-state index contributed by atoms with van der Waals surface area (Å²) in [6, 6.07) is 0.475. The highest BCUT2D eigenvalue weighted by Crippen LogP contribution is 2.28. The molecule has 0 spiro atoms. The first kappa shape index (κ1) is 11.3. The largest absolute Gasteiger partial charge is 0.339 e. The van der Waals surface area contributed by atoms with Gasteiger partial charge >= 0.3 is 0 Å². The number of nitrogens with two attached hydrogens (primary N) is 1. The fourth-order valence-electron chi connectivity index (χ4n) is 2.64. The van der Waals surface area contributed by atoms with Gasteiger partial charge in [-0.05, 0) is 35.7 Å². The van der Waals surface area contributed by atoms with Crippen LogP contribution >= 0.6 is 0 Å². The van der Waals surface area contributed by atoms with Crippen molar-refractivity contribution in [1.29, 1.82) is 0 Å². The molecular formula is C10H20N6. The van der Waals surface area contributed by atoms with E-state index in [1.807, 2.05) is 7.05 Å². The normalized spacial score (nSPS) is 25.7. The molecule has 90 valence electrons. The lowest BCUT2D eigenvalue weighted by Gasteiger charge is -2.37. The van der Waals surface area contributed by atoms with Crippen molar-refractivity contribution in [3.8, 4) is 0 Å². The van der Waals surface area contributed by atoms with Gasteiger partial charge in [0.1, 0.15) is 0 Å². The summed E-state index contributed by atoms with van der Waals surface area (Å²) in [5.41, 5.74) is 5.84. The molecule has 0 saturated heterocycles. The number of tetrazole rings is 1. The molecule has 0 bridgehead atoms. The Balaban J connectivity index is 2.13. The van der Waals surface area contributed by atoms with E-state index in [0.717, 1.165) is 12.5 Å². The number of hydrogen-bond acceptors (Lipinski definition) is 5. The van der Waals surface area contributed by atoms with Crippen LogP contribution in [0.15, 0.2) is 0 Å². The first-order chi connectivity index (χ1) is 7.74. The van der Waals surface area contributed by atoms with E-state index in [4.69, 9.17) is 5.73 Å². The molecule has 1 heterocycles. The summed E-state index contributed by atoms with van der Waals surface area (Å²) in [6.45, 7) is 0.750. The van der Waals surface area contributed by atoms with Crippen LogP contribution < -0.4 is 10.6 Å². The average molecular weight is 224 g/mol. The highest BCUT2D eigenvalue weighted by atomic mass is 15.6. The molecule has 2 unspecified atom stereocenters. The van der Waals surface area contributed by atoms with E-state index in [1.165, 1.54) is 25.7 Å². The van der Waals surface area contributed by atoms with Gasteiger partial charge in [0, 0.05) is 20.1 Å². The maximum atomic E-state index is 5.84. The average Bonchev–Trinajstić information content (AvgIpc) is 2.74. The van der Waals surface area contributed by atoms with Gasteiger partial charge in [0.15, 0.2) is 0 Å². The summed E-state index contributed by atoms with van der Waals surface area (Å²) in [6.07, 6.45) is 4.97. The van der Waals surface area contributed by atoms with E-state index < -0.39 is 0 Å². The fraction of sp³-hybridized carbons (Fsp3) is 0.900. The third kappa shape index (κ3) is 2.02. The molecule has 1 fully saturated rings.